The van der Waals surface area contributed by atoms with Crippen LogP contribution < -0.4 is 0 Å². The molecule has 0 N–H and O–H groups in total. The van der Waals surface area contributed by atoms with Gasteiger partial charge >= 0.3 is 19.5 Å². The Morgan fingerprint density at radius 1 is 0.600 bits per heavy atom. The van der Waals surface area contributed by atoms with E-state index in [1.807, 2.05) is 13.8 Å². The third kappa shape index (κ3) is 31.4. The molecule has 0 aromatic rings. The molecule has 0 aromatic heterocycles. The van der Waals surface area contributed by atoms with Gasteiger partial charge in [0.15, 0.2) is 0 Å². The Hall–Kier alpha value is 0.463. The van der Waals surface area contributed by atoms with Crippen molar-refractivity contribution in [2.45, 2.75) is 26.2 Å². The second kappa shape index (κ2) is 23.9. The summed E-state index contributed by atoms with van der Waals surface area (Å²) < 4.78 is 0. The summed E-state index contributed by atoms with van der Waals surface area (Å²) >= 11 is 0. The molecule has 0 atom stereocenters. The molecule has 0 bridgehead atoms. The zero-order valence-corrected chi connectivity index (χ0v) is 13.0. The van der Waals surface area contributed by atoms with Gasteiger partial charge in [-0.2, -0.15) is 28.2 Å². The van der Waals surface area contributed by atoms with Gasteiger partial charge in [-0.05, 0) is 0 Å². The standard InChI is InChI=1S/2C4H10N2.2CH3.Ru/c2*1-4(5-2)6-3;;;/h2*4H,1-3H3;2*1H3;/q2*-2;2*-1;+6. The molecular weight excluding hydrogens is 277 g/mol. The van der Waals surface area contributed by atoms with Crippen LogP contribution in [0, 0.1) is 14.9 Å². The Morgan fingerprint density at radius 2 is 0.733 bits per heavy atom. The molecule has 0 aliphatic carbocycles. The third-order valence-electron chi connectivity index (χ3n) is 1.49. The van der Waals surface area contributed by atoms with Crippen LogP contribution in [-0.4, -0.2) is 40.5 Å². The smallest absolute Gasteiger partial charge is 0.681 e. The molecular formula is C10H26N4Ru. The van der Waals surface area contributed by atoms with Crippen molar-refractivity contribution in [3.05, 3.63) is 36.1 Å². The zero-order chi connectivity index (χ0) is 9.98. The summed E-state index contributed by atoms with van der Waals surface area (Å²) in [6, 6.07) is 0. The average molecular weight is 303 g/mol. The monoisotopic (exact) mass is 304 g/mol. The maximum Gasteiger partial charge on any atom is 6.00 e. The summed E-state index contributed by atoms with van der Waals surface area (Å²) in [7, 11) is 7.05. The van der Waals surface area contributed by atoms with Gasteiger partial charge < -0.3 is 36.1 Å². The Bertz CT molecular complexity index is 65.8. The van der Waals surface area contributed by atoms with Gasteiger partial charge in [0.2, 0.25) is 0 Å². The van der Waals surface area contributed by atoms with Crippen molar-refractivity contribution < 1.29 is 19.5 Å². The molecule has 0 saturated heterocycles. The maximum atomic E-state index is 3.84. The molecule has 5 heteroatoms. The van der Waals surface area contributed by atoms with Crippen molar-refractivity contribution in [1.82, 2.24) is 0 Å². The molecule has 0 aromatic carbocycles. The Kier molecular flexibility index (Phi) is 47.2. The minimum absolute atomic E-state index is 0. The molecule has 0 aliphatic heterocycles. The molecule has 4 nitrogen and oxygen atoms in total. The second-order valence-corrected chi connectivity index (χ2v) is 2.30. The van der Waals surface area contributed by atoms with Crippen LogP contribution >= 0.6 is 0 Å². The Balaban J connectivity index is -0.0000000370. The van der Waals surface area contributed by atoms with Crippen LogP contribution in [0.25, 0.3) is 21.3 Å². The van der Waals surface area contributed by atoms with E-state index in [0.717, 1.165) is 0 Å². The minimum Gasteiger partial charge on any atom is -0.681 e. The van der Waals surface area contributed by atoms with Gasteiger partial charge in [0.05, 0.1) is 0 Å². The van der Waals surface area contributed by atoms with Gasteiger partial charge in [0.1, 0.15) is 0 Å². The fourth-order valence-electron chi connectivity index (χ4n) is 0.231. The van der Waals surface area contributed by atoms with Crippen LogP contribution in [0.4, 0.5) is 0 Å². The Labute approximate surface area is 110 Å². The average Bonchev–Trinajstić information content (AvgIpc) is 2.16. The van der Waals surface area contributed by atoms with Crippen molar-refractivity contribution >= 4 is 0 Å². The normalized spacial score (nSPS) is 8.00. The summed E-state index contributed by atoms with van der Waals surface area (Å²) in [6.07, 6.45) is 0.370. The van der Waals surface area contributed by atoms with E-state index >= 15 is 0 Å². The van der Waals surface area contributed by atoms with Crippen LogP contribution in [0.15, 0.2) is 0 Å². The van der Waals surface area contributed by atoms with E-state index in [0.29, 0.717) is 0 Å². The summed E-state index contributed by atoms with van der Waals surface area (Å²) in [5, 5.41) is 15.4. The largest absolute Gasteiger partial charge is 6.00 e. The maximum absolute atomic E-state index is 3.84. The van der Waals surface area contributed by atoms with Crippen LogP contribution in [0.5, 0.6) is 0 Å². The molecule has 0 saturated carbocycles. The summed E-state index contributed by atoms with van der Waals surface area (Å²) in [5.41, 5.74) is 0. The molecule has 0 aliphatic rings. The van der Waals surface area contributed by atoms with E-state index in [1.54, 1.807) is 28.2 Å². The van der Waals surface area contributed by atoms with Crippen LogP contribution in [0.3, 0.4) is 0 Å². The van der Waals surface area contributed by atoms with E-state index in [9.17, 15) is 0 Å². The van der Waals surface area contributed by atoms with Gasteiger partial charge in [-0.1, -0.05) is 0 Å². The van der Waals surface area contributed by atoms with E-state index in [2.05, 4.69) is 21.3 Å². The molecule has 15 heavy (non-hydrogen) atoms. The molecule has 94 valence electrons. The molecule has 0 fully saturated rings. The van der Waals surface area contributed by atoms with Gasteiger partial charge in [-0.15, -0.1) is 13.8 Å². The van der Waals surface area contributed by atoms with E-state index < -0.39 is 0 Å². The second-order valence-electron chi connectivity index (χ2n) is 2.30. The van der Waals surface area contributed by atoms with Crippen LogP contribution in [-0.2, 0) is 19.5 Å². The summed E-state index contributed by atoms with van der Waals surface area (Å²) in [5.74, 6) is 0. The van der Waals surface area contributed by atoms with Crippen molar-refractivity contribution in [3.63, 3.8) is 0 Å². The van der Waals surface area contributed by atoms with E-state index in [4.69, 9.17) is 0 Å². The zero-order valence-electron chi connectivity index (χ0n) is 11.3. The van der Waals surface area contributed by atoms with Crippen molar-refractivity contribution in [3.8, 4) is 0 Å². The van der Waals surface area contributed by atoms with Gasteiger partial charge in [-0.3, -0.25) is 0 Å². The van der Waals surface area contributed by atoms with Gasteiger partial charge in [0.25, 0.3) is 0 Å². The first-order chi connectivity index (χ1) is 5.62. The molecule has 0 heterocycles. The molecule has 0 radical (unpaired) electrons. The molecule has 0 amide bonds. The number of rotatable bonds is 4. The predicted molar refractivity (Wildman–Crippen MR) is 68.9 cm³/mol. The van der Waals surface area contributed by atoms with Gasteiger partial charge in [0, 0.05) is 0 Å². The molecule has 0 spiro atoms. The fraction of sp³-hybridized carbons (Fsp3) is 0.800. The number of hydrogen-bond acceptors (Lipinski definition) is 0. The minimum atomic E-state index is 0. The first-order valence-corrected chi connectivity index (χ1v) is 3.98. The SMILES string of the molecule is C[N-]C(C)[N-]C.C[N-]C(C)[N-]C.[CH3-].[CH3-].[Ru+6]. The molecule has 0 unspecified atom stereocenters. The first kappa shape index (κ1) is 29.5. The van der Waals surface area contributed by atoms with E-state index in [1.165, 1.54) is 0 Å². The summed E-state index contributed by atoms with van der Waals surface area (Å²) in [4.78, 5) is 0. The number of nitrogens with zero attached hydrogens (tertiary/aromatic N) is 4. The third-order valence-corrected chi connectivity index (χ3v) is 1.49. The number of hydrogen-bond donors (Lipinski definition) is 0. The molecule has 0 rings (SSSR count). The van der Waals surface area contributed by atoms with E-state index in [-0.39, 0.29) is 46.7 Å². The fourth-order valence-corrected chi connectivity index (χ4v) is 0.231. The first-order valence-electron chi connectivity index (χ1n) is 3.98. The van der Waals surface area contributed by atoms with Crippen molar-refractivity contribution in [2.75, 3.05) is 28.2 Å². The van der Waals surface area contributed by atoms with Crippen molar-refractivity contribution in [1.29, 1.82) is 0 Å². The van der Waals surface area contributed by atoms with Crippen LogP contribution in [0.1, 0.15) is 13.8 Å². The van der Waals surface area contributed by atoms with Crippen molar-refractivity contribution in [2.24, 2.45) is 0 Å². The Morgan fingerprint density at radius 3 is 0.733 bits per heavy atom. The van der Waals surface area contributed by atoms with Gasteiger partial charge in [-0.25, -0.2) is 12.3 Å². The van der Waals surface area contributed by atoms with Crippen LogP contribution in [0.2, 0.25) is 0 Å². The quantitative estimate of drug-likeness (QED) is 0.563. The predicted octanol–water partition coefficient (Wildman–Crippen LogP) is 3.58. The topological polar surface area (TPSA) is 56.4 Å². The summed E-state index contributed by atoms with van der Waals surface area (Å²) in [6.45, 7) is 3.89.